The molecule has 0 spiro atoms. The maximum absolute atomic E-state index is 11.1. The molecule has 1 N–H and O–H groups in total. The number of methoxy groups -OCH3 is 1. The molecule has 0 bridgehead atoms. The average molecular weight is 356 g/mol. The first kappa shape index (κ1) is 18.4. The third kappa shape index (κ3) is 4.83. The molecule has 0 amide bonds. The first-order valence-electron chi connectivity index (χ1n) is 8.86. The molecular formula is C19H24N4O3. The molecule has 1 fully saturated rings. The van der Waals surface area contributed by atoms with Crippen LogP contribution >= 0.6 is 0 Å². The molecule has 0 unspecified atom stereocenters. The Morgan fingerprint density at radius 3 is 2.81 bits per heavy atom. The van der Waals surface area contributed by atoms with E-state index in [1.165, 1.54) is 6.20 Å². The van der Waals surface area contributed by atoms with Gasteiger partial charge in [0.2, 0.25) is 0 Å². The monoisotopic (exact) mass is 356 g/mol. The molecule has 0 aliphatic carbocycles. The van der Waals surface area contributed by atoms with E-state index in [0.29, 0.717) is 17.2 Å². The zero-order valence-electron chi connectivity index (χ0n) is 15.0. The number of carbonyl (C=O) groups is 1. The van der Waals surface area contributed by atoms with E-state index in [4.69, 9.17) is 9.84 Å². The lowest BCUT2D eigenvalue weighted by atomic mass is 9.92. The molecule has 0 aromatic carbocycles. The second-order valence-electron chi connectivity index (χ2n) is 6.64. The second kappa shape index (κ2) is 8.82. The van der Waals surface area contributed by atoms with Crippen LogP contribution in [0.5, 0.6) is 0 Å². The predicted octanol–water partition coefficient (Wildman–Crippen LogP) is 2.14. The van der Waals surface area contributed by atoms with Gasteiger partial charge < -0.3 is 14.7 Å². The highest BCUT2D eigenvalue weighted by molar-refractivity contribution is 5.88. The summed E-state index contributed by atoms with van der Waals surface area (Å²) in [6.45, 7) is 3.96. The Bertz CT molecular complexity index is 745. The summed E-state index contributed by atoms with van der Waals surface area (Å²) in [7, 11) is 1.74. The molecule has 0 saturated carbocycles. The van der Waals surface area contributed by atoms with Gasteiger partial charge in [0.05, 0.1) is 17.9 Å². The SMILES string of the molecule is COCCN1CCC(Cc2cc(-c3cncc(C(=O)O)c3)ncn2)CC1. The average Bonchev–Trinajstić information content (AvgIpc) is 2.68. The Labute approximate surface area is 153 Å². The molecule has 0 radical (unpaired) electrons. The summed E-state index contributed by atoms with van der Waals surface area (Å²) >= 11 is 0. The fourth-order valence-corrected chi connectivity index (χ4v) is 3.29. The number of aromatic carboxylic acids is 1. The van der Waals surface area contributed by atoms with Crippen LogP contribution in [0.2, 0.25) is 0 Å². The molecule has 3 rings (SSSR count). The van der Waals surface area contributed by atoms with Crippen molar-refractivity contribution < 1.29 is 14.6 Å². The summed E-state index contributed by atoms with van der Waals surface area (Å²) in [6, 6.07) is 3.54. The minimum Gasteiger partial charge on any atom is -0.478 e. The zero-order valence-corrected chi connectivity index (χ0v) is 15.0. The van der Waals surface area contributed by atoms with Gasteiger partial charge in [0.1, 0.15) is 6.33 Å². The van der Waals surface area contributed by atoms with Crippen LogP contribution in [-0.2, 0) is 11.2 Å². The summed E-state index contributed by atoms with van der Waals surface area (Å²) in [5.41, 5.74) is 2.56. The molecule has 7 nitrogen and oxygen atoms in total. The molecule has 2 aromatic rings. The summed E-state index contributed by atoms with van der Waals surface area (Å²) in [4.78, 5) is 26.3. The summed E-state index contributed by atoms with van der Waals surface area (Å²) in [5, 5.41) is 9.12. The Hall–Kier alpha value is -2.38. The number of piperidine rings is 1. The van der Waals surface area contributed by atoms with E-state index >= 15 is 0 Å². The predicted molar refractivity (Wildman–Crippen MR) is 97.0 cm³/mol. The number of hydrogen-bond acceptors (Lipinski definition) is 6. The van der Waals surface area contributed by atoms with Crippen LogP contribution < -0.4 is 0 Å². The number of carboxylic acid groups (broad SMARTS) is 1. The molecule has 2 aromatic heterocycles. The maximum Gasteiger partial charge on any atom is 0.337 e. The Morgan fingerprint density at radius 1 is 1.27 bits per heavy atom. The normalized spacial score (nSPS) is 15.9. The lowest BCUT2D eigenvalue weighted by Gasteiger charge is -2.31. The van der Waals surface area contributed by atoms with Crippen molar-refractivity contribution in [2.24, 2.45) is 5.92 Å². The fourth-order valence-electron chi connectivity index (χ4n) is 3.29. The van der Waals surface area contributed by atoms with E-state index in [1.807, 2.05) is 6.07 Å². The van der Waals surface area contributed by atoms with E-state index in [0.717, 1.165) is 51.2 Å². The highest BCUT2D eigenvalue weighted by atomic mass is 16.5. The molecule has 1 aliphatic rings. The lowest BCUT2D eigenvalue weighted by Crippen LogP contribution is -2.36. The van der Waals surface area contributed by atoms with E-state index < -0.39 is 5.97 Å². The minimum absolute atomic E-state index is 0.158. The van der Waals surface area contributed by atoms with Gasteiger partial charge in [0.15, 0.2) is 0 Å². The molecule has 0 atom stereocenters. The van der Waals surface area contributed by atoms with Gasteiger partial charge in [-0.2, -0.15) is 0 Å². The van der Waals surface area contributed by atoms with Gasteiger partial charge in [-0.3, -0.25) is 4.98 Å². The number of carboxylic acids is 1. The van der Waals surface area contributed by atoms with Gasteiger partial charge in [0, 0.05) is 37.3 Å². The minimum atomic E-state index is -0.992. The van der Waals surface area contributed by atoms with E-state index in [1.54, 1.807) is 25.7 Å². The van der Waals surface area contributed by atoms with Gasteiger partial charge in [-0.05, 0) is 50.4 Å². The van der Waals surface area contributed by atoms with Gasteiger partial charge in [-0.1, -0.05) is 0 Å². The highest BCUT2D eigenvalue weighted by Crippen LogP contribution is 2.23. The van der Waals surface area contributed by atoms with Crippen molar-refractivity contribution in [2.75, 3.05) is 33.4 Å². The molecule has 138 valence electrons. The Morgan fingerprint density at radius 2 is 2.08 bits per heavy atom. The summed E-state index contributed by atoms with van der Waals surface area (Å²) in [6.07, 6.45) is 7.74. The van der Waals surface area contributed by atoms with Crippen molar-refractivity contribution in [3.05, 3.63) is 42.1 Å². The molecule has 26 heavy (non-hydrogen) atoms. The number of rotatable bonds is 7. The fraction of sp³-hybridized carbons (Fsp3) is 0.474. The van der Waals surface area contributed by atoms with Gasteiger partial charge >= 0.3 is 5.97 Å². The van der Waals surface area contributed by atoms with Crippen molar-refractivity contribution in [1.29, 1.82) is 0 Å². The molecule has 3 heterocycles. The van der Waals surface area contributed by atoms with Gasteiger partial charge in [-0.25, -0.2) is 14.8 Å². The summed E-state index contributed by atoms with van der Waals surface area (Å²) in [5.74, 6) is -0.381. The van der Waals surface area contributed by atoms with E-state index in [2.05, 4.69) is 19.9 Å². The number of aromatic nitrogens is 3. The maximum atomic E-state index is 11.1. The van der Waals surface area contributed by atoms with Crippen LogP contribution in [0.25, 0.3) is 11.3 Å². The van der Waals surface area contributed by atoms with E-state index in [9.17, 15) is 4.79 Å². The number of nitrogens with zero attached hydrogens (tertiary/aromatic N) is 4. The van der Waals surface area contributed by atoms with Crippen LogP contribution in [0, 0.1) is 5.92 Å². The van der Waals surface area contributed by atoms with Gasteiger partial charge in [0.25, 0.3) is 0 Å². The highest BCUT2D eigenvalue weighted by Gasteiger charge is 2.20. The van der Waals surface area contributed by atoms with Crippen molar-refractivity contribution in [3.63, 3.8) is 0 Å². The number of pyridine rings is 1. The Kier molecular flexibility index (Phi) is 6.25. The number of ether oxygens (including phenoxy) is 1. The van der Waals surface area contributed by atoms with E-state index in [-0.39, 0.29) is 5.56 Å². The standard InChI is InChI=1S/C19H24N4O3/c1-26-7-6-23-4-2-14(3-5-23)8-17-10-18(22-13-21-17)15-9-16(19(24)25)12-20-11-15/h9-14H,2-8H2,1H3,(H,24,25). The smallest absolute Gasteiger partial charge is 0.337 e. The lowest BCUT2D eigenvalue weighted by molar-refractivity contribution is 0.0696. The van der Waals surface area contributed by atoms with Crippen molar-refractivity contribution in [3.8, 4) is 11.3 Å². The third-order valence-electron chi connectivity index (χ3n) is 4.82. The Balaban J connectivity index is 1.63. The van der Waals surface area contributed by atoms with Crippen molar-refractivity contribution in [1.82, 2.24) is 19.9 Å². The number of hydrogen-bond donors (Lipinski definition) is 1. The topological polar surface area (TPSA) is 88.4 Å². The first-order chi connectivity index (χ1) is 12.7. The molecule has 7 heteroatoms. The largest absolute Gasteiger partial charge is 0.478 e. The third-order valence-corrected chi connectivity index (χ3v) is 4.82. The van der Waals surface area contributed by atoms with Gasteiger partial charge in [-0.15, -0.1) is 0 Å². The first-order valence-corrected chi connectivity index (χ1v) is 8.86. The van der Waals surface area contributed by atoms with Crippen LogP contribution in [0.1, 0.15) is 28.9 Å². The molecular weight excluding hydrogens is 332 g/mol. The zero-order chi connectivity index (χ0) is 18.4. The van der Waals surface area contributed by atoms with Crippen molar-refractivity contribution in [2.45, 2.75) is 19.3 Å². The van der Waals surface area contributed by atoms with Crippen LogP contribution in [0.3, 0.4) is 0 Å². The molecule has 1 saturated heterocycles. The number of likely N-dealkylation sites (tertiary alicyclic amines) is 1. The van der Waals surface area contributed by atoms with Crippen LogP contribution in [0.4, 0.5) is 0 Å². The quantitative estimate of drug-likeness (QED) is 0.813. The van der Waals surface area contributed by atoms with Crippen LogP contribution in [-0.4, -0.2) is 64.3 Å². The van der Waals surface area contributed by atoms with Crippen LogP contribution in [0.15, 0.2) is 30.9 Å². The second-order valence-corrected chi connectivity index (χ2v) is 6.64. The summed E-state index contributed by atoms with van der Waals surface area (Å²) < 4.78 is 5.14. The molecule has 1 aliphatic heterocycles. The van der Waals surface area contributed by atoms with Crippen molar-refractivity contribution >= 4 is 5.97 Å².